The zero-order valence-electron chi connectivity index (χ0n) is 19.2. The number of carbonyl (C=O) groups is 3. The molecule has 3 aromatic rings. The van der Waals surface area contributed by atoms with Gasteiger partial charge < -0.3 is 9.84 Å². The highest BCUT2D eigenvalue weighted by molar-refractivity contribution is 6.29. The topological polar surface area (TPSA) is 80.7 Å². The molecule has 0 heterocycles. The molecule has 176 valence electrons. The van der Waals surface area contributed by atoms with Gasteiger partial charge >= 0.3 is 5.97 Å². The van der Waals surface area contributed by atoms with Crippen molar-refractivity contribution in [2.24, 2.45) is 5.92 Å². The molecule has 1 aliphatic carbocycles. The Hall–Kier alpha value is -4.32. The van der Waals surface area contributed by atoms with Gasteiger partial charge in [-0.15, -0.1) is 0 Å². The Morgan fingerprint density at radius 2 is 1.66 bits per heavy atom. The van der Waals surface area contributed by atoms with E-state index in [1.165, 1.54) is 25.3 Å². The molecule has 1 atom stereocenters. The molecule has 5 nitrogen and oxygen atoms in total. The number of Topliss-reactive ketones (excluding diaryl/α,β-unsaturated/α-hetero) is 2. The quantitative estimate of drug-likeness (QED) is 0.233. The Morgan fingerprint density at radius 1 is 0.971 bits per heavy atom. The first kappa shape index (κ1) is 23.8. The molecule has 0 aromatic heterocycles. The van der Waals surface area contributed by atoms with Crippen molar-refractivity contribution >= 4 is 34.9 Å². The van der Waals surface area contributed by atoms with Gasteiger partial charge in [0.15, 0.2) is 11.6 Å². The Bertz CT molecular complexity index is 1370. The van der Waals surface area contributed by atoms with Crippen LogP contribution < -0.4 is 0 Å². The van der Waals surface area contributed by atoms with Gasteiger partial charge in [-0.05, 0) is 36.3 Å². The largest absolute Gasteiger partial charge is 0.507 e. The molecule has 0 unspecified atom stereocenters. The van der Waals surface area contributed by atoms with Crippen molar-refractivity contribution in [2.45, 2.75) is 13.3 Å². The number of aliphatic hydroxyl groups is 1. The van der Waals surface area contributed by atoms with Gasteiger partial charge in [0.2, 0.25) is 0 Å². The number of carbonyl (C=O) groups excluding carboxylic acids is 3. The maximum Gasteiger partial charge on any atom is 0.334 e. The third-order valence-electron chi connectivity index (χ3n) is 6.00. The van der Waals surface area contributed by atoms with Gasteiger partial charge in [0.25, 0.3) is 0 Å². The molecule has 1 N–H and O–H groups in total. The van der Waals surface area contributed by atoms with Crippen LogP contribution in [0.1, 0.15) is 39.0 Å². The van der Waals surface area contributed by atoms with E-state index in [4.69, 9.17) is 4.74 Å². The van der Waals surface area contributed by atoms with E-state index in [1.807, 2.05) is 6.92 Å². The van der Waals surface area contributed by atoms with Crippen LogP contribution >= 0.6 is 0 Å². The molecule has 0 spiro atoms. The van der Waals surface area contributed by atoms with E-state index in [9.17, 15) is 23.9 Å². The van der Waals surface area contributed by atoms with Gasteiger partial charge in [-0.1, -0.05) is 66.2 Å². The zero-order valence-corrected chi connectivity index (χ0v) is 19.2. The molecule has 0 aliphatic heterocycles. The van der Waals surface area contributed by atoms with Gasteiger partial charge in [0, 0.05) is 23.1 Å². The van der Waals surface area contributed by atoms with E-state index < -0.39 is 35.7 Å². The van der Waals surface area contributed by atoms with Crippen LogP contribution in [0.3, 0.4) is 0 Å². The third-order valence-corrected chi connectivity index (χ3v) is 6.00. The van der Waals surface area contributed by atoms with Crippen molar-refractivity contribution in [3.05, 3.63) is 112 Å². The van der Waals surface area contributed by atoms with Gasteiger partial charge in [0.05, 0.1) is 18.6 Å². The van der Waals surface area contributed by atoms with E-state index in [0.717, 1.165) is 11.6 Å². The average molecular weight is 470 g/mol. The lowest BCUT2D eigenvalue weighted by Gasteiger charge is -2.23. The number of halogens is 1. The molecule has 0 saturated heterocycles. The fourth-order valence-electron chi connectivity index (χ4n) is 4.16. The molecular weight excluding hydrogens is 447 g/mol. The minimum Gasteiger partial charge on any atom is -0.507 e. The summed E-state index contributed by atoms with van der Waals surface area (Å²) in [7, 11) is 1.19. The minimum absolute atomic E-state index is 0.0172. The van der Waals surface area contributed by atoms with Crippen molar-refractivity contribution in [1.82, 2.24) is 0 Å². The molecule has 6 heteroatoms. The van der Waals surface area contributed by atoms with Crippen molar-refractivity contribution in [3.63, 3.8) is 0 Å². The monoisotopic (exact) mass is 470 g/mol. The molecule has 1 aliphatic rings. The predicted molar refractivity (Wildman–Crippen MR) is 131 cm³/mol. The summed E-state index contributed by atoms with van der Waals surface area (Å²) in [5, 5.41) is 11.2. The molecule has 0 saturated carbocycles. The first-order valence-corrected chi connectivity index (χ1v) is 11.0. The number of ether oxygens (including phenoxy) is 1. The molecule has 35 heavy (non-hydrogen) atoms. The summed E-state index contributed by atoms with van der Waals surface area (Å²) in [6, 6.07) is 18.9. The third kappa shape index (κ3) is 4.82. The van der Waals surface area contributed by atoms with Crippen LogP contribution in [0.15, 0.2) is 78.4 Å². The SMILES string of the molecule is COC(=O)/C1=C/c2ccc(F)cc2/C(=C(/O)c2ccc(C)cc2)C(=O)C[C@@H]1C(=O)c1ccccc1. The van der Waals surface area contributed by atoms with Gasteiger partial charge in [-0.25, -0.2) is 9.18 Å². The summed E-state index contributed by atoms with van der Waals surface area (Å²) in [6.45, 7) is 1.89. The molecule has 0 bridgehead atoms. The lowest BCUT2D eigenvalue weighted by molar-refractivity contribution is -0.136. The Morgan fingerprint density at radius 3 is 2.31 bits per heavy atom. The summed E-state index contributed by atoms with van der Waals surface area (Å²) in [4.78, 5) is 39.8. The fraction of sp³-hybridized carbons (Fsp3) is 0.138. The molecule has 4 rings (SSSR count). The van der Waals surface area contributed by atoms with E-state index in [1.54, 1.807) is 54.6 Å². The Balaban J connectivity index is 1.98. The second-order valence-corrected chi connectivity index (χ2v) is 8.32. The first-order chi connectivity index (χ1) is 16.8. The zero-order chi connectivity index (χ0) is 25.1. The van der Waals surface area contributed by atoms with Crippen molar-refractivity contribution in [1.29, 1.82) is 0 Å². The second-order valence-electron chi connectivity index (χ2n) is 8.32. The number of rotatable bonds is 4. The van der Waals surface area contributed by atoms with Gasteiger partial charge in [-0.2, -0.15) is 0 Å². The summed E-state index contributed by atoms with van der Waals surface area (Å²) < 4.78 is 19.2. The first-order valence-electron chi connectivity index (χ1n) is 11.0. The molecule has 0 fully saturated rings. The number of benzene rings is 3. The van der Waals surface area contributed by atoms with Crippen LogP contribution in [0.25, 0.3) is 17.4 Å². The number of allylic oxidation sites excluding steroid dienone is 1. The molecule has 0 radical (unpaired) electrons. The van der Waals surface area contributed by atoms with E-state index in [2.05, 4.69) is 0 Å². The number of aryl methyl sites for hydroxylation is 1. The number of aliphatic hydroxyl groups excluding tert-OH is 1. The van der Waals surface area contributed by atoms with Crippen LogP contribution in [-0.4, -0.2) is 29.8 Å². The fourth-order valence-corrected chi connectivity index (χ4v) is 4.16. The van der Waals surface area contributed by atoms with Gasteiger partial charge in [-0.3, -0.25) is 9.59 Å². The molecule has 3 aromatic carbocycles. The maximum absolute atomic E-state index is 14.3. The number of hydrogen-bond acceptors (Lipinski definition) is 5. The van der Waals surface area contributed by atoms with Crippen LogP contribution in [-0.2, 0) is 14.3 Å². The standard InChI is InChI=1S/C29H23FO5/c1-17-8-10-19(11-9-17)28(33)26-22-15-21(30)13-12-20(22)14-24(29(34)35-2)23(16-25(26)31)27(32)18-6-4-3-5-7-18/h3-15,23,33H,16H2,1-2H3/b24-14+,28-26-/t23-/m0/s1. The van der Waals surface area contributed by atoms with Crippen molar-refractivity contribution in [3.8, 4) is 0 Å². The number of hydrogen-bond donors (Lipinski definition) is 1. The van der Waals surface area contributed by atoms with Crippen LogP contribution in [0.2, 0.25) is 0 Å². The van der Waals surface area contributed by atoms with Crippen LogP contribution in [0, 0.1) is 18.7 Å². The Kier molecular flexibility index (Phi) is 6.73. The summed E-state index contributed by atoms with van der Waals surface area (Å²) >= 11 is 0. The second kappa shape index (κ2) is 9.89. The summed E-state index contributed by atoms with van der Waals surface area (Å²) in [5.41, 5.74) is 1.96. The summed E-state index contributed by atoms with van der Waals surface area (Å²) in [5.74, 6) is -3.90. The maximum atomic E-state index is 14.3. The predicted octanol–water partition coefficient (Wildman–Crippen LogP) is 5.59. The van der Waals surface area contributed by atoms with Crippen molar-refractivity contribution in [2.75, 3.05) is 7.11 Å². The van der Waals surface area contributed by atoms with Crippen LogP contribution in [0.5, 0.6) is 0 Å². The lowest BCUT2D eigenvalue weighted by Crippen LogP contribution is -2.27. The highest BCUT2D eigenvalue weighted by Gasteiger charge is 2.36. The number of methoxy groups -OCH3 is 1. The Labute approximate surface area is 202 Å². The van der Waals surface area contributed by atoms with Crippen LogP contribution in [0.4, 0.5) is 4.39 Å². The number of esters is 1. The highest BCUT2D eigenvalue weighted by atomic mass is 19.1. The lowest BCUT2D eigenvalue weighted by atomic mass is 9.79. The number of ketones is 2. The number of fused-ring (bicyclic) bond motifs is 1. The smallest absolute Gasteiger partial charge is 0.334 e. The normalized spacial score (nSPS) is 18.4. The highest BCUT2D eigenvalue weighted by Crippen LogP contribution is 2.37. The van der Waals surface area contributed by atoms with Crippen molar-refractivity contribution < 1.29 is 28.6 Å². The molecular formula is C29H23FO5. The minimum atomic E-state index is -1.16. The molecule has 0 amide bonds. The van der Waals surface area contributed by atoms with E-state index in [-0.39, 0.29) is 22.5 Å². The van der Waals surface area contributed by atoms with Gasteiger partial charge in [0.1, 0.15) is 11.6 Å². The van der Waals surface area contributed by atoms with E-state index >= 15 is 0 Å². The summed E-state index contributed by atoms with van der Waals surface area (Å²) in [6.07, 6.45) is 1.02. The van der Waals surface area contributed by atoms with E-state index in [0.29, 0.717) is 16.7 Å². The average Bonchev–Trinajstić information content (AvgIpc) is 2.86.